The maximum atomic E-state index is 13.1. The number of aromatic nitrogens is 2. The number of thioether (sulfide) groups is 1. The van der Waals surface area contributed by atoms with Gasteiger partial charge in [0.25, 0.3) is 5.91 Å². The highest BCUT2D eigenvalue weighted by atomic mass is 32.2. The molecule has 1 aromatic heterocycles. The summed E-state index contributed by atoms with van der Waals surface area (Å²) in [6, 6.07) is 13.2. The van der Waals surface area contributed by atoms with E-state index in [9.17, 15) is 4.79 Å². The van der Waals surface area contributed by atoms with Gasteiger partial charge in [-0.15, -0.1) is 11.8 Å². The van der Waals surface area contributed by atoms with Gasteiger partial charge in [0, 0.05) is 31.0 Å². The summed E-state index contributed by atoms with van der Waals surface area (Å²) in [5.41, 5.74) is 2.57. The minimum Gasteiger partial charge on any atom is -0.493 e. The van der Waals surface area contributed by atoms with E-state index in [0.717, 1.165) is 27.6 Å². The lowest BCUT2D eigenvalue weighted by molar-refractivity contribution is 0.0830. The topological polar surface area (TPSA) is 56.6 Å². The van der Waals surface area contributed by atoms with Crippen molar-refractivity contribution in [2.24, 2.45) is 7.05 Å². The van der Waals surface area contributed by atoms with Gasteiger partial charge in [-0.1, -0.05) is 12.1 Å². The van der Waals surface area contributed by atoms with Crippen molar-refractivity contribution in [1.82, 2.24) is 14.5 Å². The Morgan fingerprint density at radius 3 is 2.68 bits per heavy atom. The molecule has 0 atom stereocenters. The molecular formula is C21H21N3O3S. The van der Waals surface area contributed by atoms with E-state index in [1.165, 1.54) is 0 Å². The molecule has 0 aliphatic carbocycles. The fourth-order valence-corrected chi connectivity index (χ4v) is 4.28. The SMILES string of the molecule is COc1ccc(C(=O)N2CCS/C2=C/c2nc3ccccc3n2C)cc1OC. The van der Waals surface area contributed by atoms with E-state index in [1.807, 2.05) is 42.0 Å². The van der Waals surface area contributed by atoms with E-state index in [0.29, 0.717) is 23.6 Å². The average Bonchev–Trinajstić information content (AvgIpc) is 3.32. The molecule has 0 saturated carbocycles. The molecule has 0 radical (unpaired) electrons. The normalized spacial score (nSPS) is 15.4. The number of methoxy groups -OCH3 is 2. The van der Waals surface area contributed by atoms with Crippen LogP contribution < -0.4 is 9.47 Å². The first-order valence-electron chi connectivity index (χ1n) is 8.92. The zero-order valence-corrected chi connectivity index (χ0v) is 16.8. The second-order valence-corrected chi connectivity index (χ2v) is 7.49. The van der Waals surface area contributed by atoms with Gasteiger partial charge in [-0.2, -0.15) is 0 Å². The van der Waals surface area contributed by atoms with Gasteiger partial charge in [-0.05, 0) is 30.3 Å². The number of carbonyl (C=O) groups excluding carboxylic acids is 1. The van der Waals surface area contributed by atoms with Crippen LogP contribution in [0.15, 0.2) is 47.5 Å². The van der Waals surface area contributed by atoms with Crippen LogP contribution in [0.1, 0.15) is 16.2 Å². The second kappa shape index (κ2) is 7.59. The summed E-state index contributed by atoms with van der Waals surface area (Å²) in [7, 11) is 5.13. The maximum absolute atomic E-state index is 13.1. The Morgan fingerprint density at radius 2 is 1.93 bits per heavy atom. The summed E-state index contributed by atoms with van der Waals surface area (Å²) in [6.45, 7) is 0.660. The van der Waals surface area contributed by atoms with Gasteiger partial charge in [-0.3, -0.25) is 4.79 Å². The summed E-state index contributed by atoms with van der Waals surface area (Å²) < 4.78 is 12.6. The van der Waals surface area contributed by atoms with Crippen molar-refractivity contribution in [2.45, 2.75) is 0 Å². The first-order valence-corrected chi connectivity index (χ1v) is 9.91. The number of hydrogen-bond donors (Lipinski definition) is 0. The number of carbonyl (C=O) groups is 1. The predicted molar refractivity (Wildman–Crippen MR) is 112 cm³/mol. The van der Waals surface area contributed by atoms with Gasteiger partial charge >= 0.3 is 0 Å². The molecule has 0 unspecified atom stereocenters. The molecule has 1 aliphatic heterocycles. The van der Waals surface area contributed by atoms with E-state index in [4.69, 9.17) is 14.5 Å². The Morgan fingerprint density at radius 1 is 1.14 bits per heavy atom. The van der Waals surface area contributed by atoms with Crippen LogP contribution in [-0.2, 0) is 7.05 Å². The molecule has 0 N–H and O–H groups in total. The maximum Gasteiger partial charge on any atom is 0.258 e. The molecule has 4 rings (SSSR count). The Kier molecular flexibility index (Phi) is 5.00. The highest BCUT2D eigenvalue weighted by Crippen LogP contribution is 2.33. The van der Waals surface area contributed by atoms with Crippen molar-refractivity contribution in [2.75, 3.05) is 26.5 Å². The zero-order valence-electron chi connectivity index (χ0n) is 16.0. The van der Waals surface area contributed by atoms with Crippen LogP contribution in [0, 0.1) is 0 Å². The van der Waals surface area contributed by atoms with E-state index in [1.54, 1.807) is 49.1 Å². The first kappa shape index (κ1) is 18.4. The number of ether oxygens (including phenoxy) is 2. The minimum absolute atomic E-state index is 0.0593. The number of amides is 1. The van der Waals surface area contributed by atoms with Crippen molar-refractivity contribution in [3.05, 3.63) is 58.9 Å². The summed E-state index contributed by atoms with van der Waals surface area (Å²) in [5, 5.41) is 0.901. The number of benzene rings is 2. The minimum atomic E-state index is -0.0593. The van der Waals surface area contributed by atoms with Crippen LogP contribution in [0.2, 0.25) is 0 Å². The molecule has 1 fully saturated rings. The molecule has 6 nitrogen and oxygen atoms in total. The average molecular weight is 395 g/mol. The number of nitrogens with zero attached hydrogens (tertiary/aromatic N) is 3. The number of para-hydroxylation sites is 2. The van der Waals surface area contributed by atoms with Crippen LogP contribution >= 0.6 is 11.8 Å². The Hall–Kier alpha value is -2.93. The van der Waals surface area contributed by atoms with Gasteiger partial charge < -0.3 is 18.9 Å². The van der Waals surface area contributed by atoms with Crippen molar-refractivity contribution in [3.8, 4) is 11.5 Å². The molecule has 28 heavy (non-hydrogen) atoms. The molecule has 0 spiro atoms. The van der Waals surface area contributed by atoms with Crippen molar-refractivity contribution < 1.29 is 14.3 Å². The predicted octanol–water partition coefficient (Wildman–Crippen LogP) is 3.78. The van der Waals surface area contributed by atoms with Crippen LogP contribution in [-0.4, -0.2) is 46.9 Å². The van der Waals surface area contributed by atoms with Crippen LogP contribution in [0.25, 0.3) is 17.1 Å². The molecule has 2 heterocycles. The number of fused-ring (bicyclic) bond motifs is 1. The Bertz CT molecular complexity index is 1070. The molecule has 3 aromatic rings. The molecule has 2 aromatic carbocycles. The highest BCUT2D eigenvalue weighted by Gasteiger charge is 2.26. The number of hydrogen-bond acceptors (Lipinski definition) is 5. The third kappa shape index (κ3) is 3.22. The molecule has 1 aliphatic rings. The molecule has 144 valence electrons. The monoisotopic (exact) mass is 395 g/mol. The molecule has 1 saturated heterocycles. The van der Waals surface area contributed by atoms with E-state index < -0.39 is 0 Å². The largest absolute Gasteiger partial charge is 0.493 e. The van der Waals surface area contributed by atoms with Crippen molar-refractivity contribution in [1.29, 1.82) is 0 Å². The zero-order chi connectivity index (χ0) is 19.7. The lowest BCUT2D eigenvalue weighted by Gasteiger charge is -2.18. The summed E-state index contributed by atoms with van der Waals surface area (Å²) in [5.74, 6) is 2.77. The third-order valence-electron chi connectivity index (χ3n) is 4.78. The van der Waals surface area contributed by atoms with Gasteiger partial charge in [-0.25, -0.2) is 4.98 Å². The Balaban J connectivity index is 1.67. The number of imidazole rings is 1. The Labute approximate surface area is 167 Å². The molecule has 1 amide bonds. The second-order valence-electron chi connectivity index (χ2n) is 6.38. The van der Waals surface area contributed by atoms with Crippen LogP contribution in [0.4, 0.5) is 0 Å². The fourth-order valence-electron chi connectivity index (χ4n) is 3.28. The van der Waals surface area contributed by atoms with Crippen molar-refractivity contribution in [3.63, 3.8) is 0 Å². The first-order chi connectivity index (χ1) is 13.6. The third-order valence-corrected chi connectivity index (χ3v) is 5.80. The van der Waals surface area contributed by atoms with Gasteiger partial charge in [0.2, 0.25) is 0 Å². The van der Waals surface area contributed by atoms with E-state index in [2.05, 4.69) is 0 Å². The summed E-state index contributed by atoms with van der Waals surface area (Å²) in [6.07, 6.45) is 1.98. The molecule has 7 heteroatoms. The van der Waals surface area contributed by atoms with Gasteiger partial charge in [0.1, 0.15) is 5.82 Å². The van der Waals surface area contributed by atoms with Crippen LogP contribution in [0.5, 0.6) is 11.5 Å². The van der Waals surface area contributed by atoms with E-state index >= 15 is 0 Å². The quantitative estimate of drug-likeness (QED) is 0.673. The summed E-state index contributed by atoms with van der Waals surface area (Å²) in [4.78, 5) is 19.6. The molecular weight excluding hydrogens is 374 g/mol. The lowest BCUT2D eigenvalue weighted by atomic mass is 10.1. The summed E-state index contributed by atoms with van der Waals surface area (Å²) >= 11 is 1.66. The highest BCUT2D eigenvalue weighted by molar-refractivity contribution is 8.03. The molecule has 0 bridgehead atoms. The lowest BCUT2D eigenvalue weighted by Crippen LogP contribution is -2.26. The van der Waals surface area contributed by atoms with Crippen molar-refractivity contribution >= 4 is 34.8 Å². The van der Waals surface area contributed by atoms with E-state index in [-0.39, 0.29) is 5.91 Å². The fraction of sp³-hybridized carbons (Fsp3) is 0.238. The smallest absolute Gasteiger partial charge is 0.258 e. The van der Waals surface area contributed by atoms with Gasteiger partial charge in [0.15, 0.2) is 11.5 Å². The standard InChI is InChI=1S/C21H21N3O3S/c1-23-16-7-5-4-6-15(16)22-19(23)13-20-24(10-11-28-20)21(25)14-8-9-17(26-2)18(12-14)27-3/h4-9,12-13H,10-11H2,1-3H3/b20-13+. The van der Waals surface area contributed by atoms with Gasteiger partial charge in [0.05, 0.1) is 30.3 Å². The van der Waals surface area contributed by atoms with Crippen LogP contribution in [0.3, 0.4) is 0 Å². The number of rotatable bonds is 4. The number of aryl methyl sites for hydroxylation is 1.